The van der Waals surface area contributed by atoms with Gasteiger partial charge in [-0.25, -0.2) is 0 Å². The molecule has 2 atom stereocenters. The summed E-state index contributed by atoms with van der Waals surface area (Å²) >= 11 is 5.23. The largest absolute Gasteiger partial charge is 0.391 e. The average molecular weight is 280 g/mol. The summed E-state index contributed by atoms with van der Waals surface area (Å²) in [5, 5.41) is 0. The Hall–Kier alpha value is -0.970. The molecule has 3 rings (SSSR count). The van der Waals surface area contributed by atoms with Gasteiger partial charge >= 0.3 is 0 Å². The van der Waals surface area contributed by atoms with Gasteiger partial charge in [0.1, 0.15) is 5.54 Å². The molecule has 3 fully saturated rings. The number of likely N-dealkylation sites (tertiary alicyclic amines) is 1. The van der Waals surface area contributed by atoms with Gasteiger partial charge in [-0.15, -0.1) is 0 Å². The molecule has 2 N–H and O–H groups in total. The van der Waals surface area contributed by atoms with Crippen LogP contribution in [-0.2, 0) is 9.59 Å². The summed E-state index contributed by atoms with van der Waals surface area (Å²) < 4.78 is 0. The number of carbonyl (C=O) groups is 2. The summed E-state index contributed by atoms with van der Waals surface area (Å²) in [6, 6.07) is 0. The van der Waals surface area contributed by atoms with Gasteiger partial charge in [-0.05, 0) is 25.7 Å². The van der Waals surface area contributed by atoms with E-state index in [4.69, 9.17) is 18.0 Å². The van der Waals surface area contributed by atoms with Gasteiger partial charge in [0.2, 0.25) is 11.8 Å². The third-order valence-corrected chi connectivity index (χ3v) is 5.54. The summed E-state index contributed by atoms with van der Waals surface area (Å²) in [5.41, 5.74) is 5.28. The standard InChI is InChI=1S/C14H20N2O2S/c15-13(19)14(7-2-1-3-8-14)16-11(17)9-5-4-6-10(9)12(16)18/h9-10H,1-8H2,(H2,15,19). The molecule has 2 unspecified atom stereocenters. The first-order valence-corrected chi connectivity index (χ1v) is 7.66. The molecule has 104 valence electrons. The van der Waals surface area contributed by atoms with Crippen LogP contribution in [0.5, 0.6) is 0 Å². The predicted octanol–water partition coefficient (Wildman–Crippen LogP) is 1.76. The molecule has 1 aliphatic heterocycles. The smallest absolute Gasteiger partial charge is 0.233 e. The Morgan fingerprint density at radius 2 is 1.58 bits per heavy atom. The minimum Gasteiger partial charge on any atom is -0.391 e. The number of fused-ring (bicyclic) bond motifs is 1. The van der Waals surface area contributed by atoms with Crippen molar-refractivity contribution in [1.29, 1.82) is 0 Å². The number of amides is 2. The van der Waals surface area contributed by atoms with E-state index in [0.29, 0.717) is 4.99 Å². The monoisotopic (exact) mass is 280 g/mol. The maximum absolute atomic E-state index is 12.6. The van der Waals surface area contributed by atoms with Crippen LogP contribution in [0, 0.1) is 11.8 Å². The van der Waals surface area contributed by atoms with E-state index in [1.165, 1.54) is 4.90 Å². The summed E-state index contributed by atoms with van der Waals surface area (Å²) in [6.07, 6.45) is 7.29. The lowest BCUT2D eigenvalue weighted by Gasteiger charge is -2.43. The van der Waals surface area contributed by atoms with Crippen LogP contribution in [0.2, 0.25) is 0 Å². The summed E-state index contributed by atoms with van der Waals surface area (Å²) in [7, 11) is 0. The minimum atomic E-state index is -0.661. The molecule has 3 aliphatic rings. The summed E-state index contributed by atoms with van der Waals surface area (Å²) in [4.78, 5) is 27.0. The molecule has 0 aromatic heterocycles. The van der Waals surface area contributed by atoms with Crippen molar-refractivity contribution in [2.45, 2.75) is 56.9 Å². The highest BCUT2D eigenvalue weighted by molar-refractivity contribution is 7.80. The highest BCUT2D eigenvalue weighted by Crippen LogP contribution is 2.45. The third kappa shape index (κ3) is 1.74. The predicted molar refractivity (Wildman–Crippen MR) is 75.3 cm³/mol. The molecular weight excluding hydrogens is 260 g/mol. The van der Waals surface area contributed by atoms with Crippen LogP contribution in [0.15, 0.2) is 0 Å². The summed E-state index contributed by atoms with van der Waals surface area (Å²) in [6.45, 7) is 0. The van der Waals surface area contributed by atoms with Crippen molar-refractivity contribution < 1.29 is 9.59 Å². The zero-order chi connectivity index (χ0) is 13.6. The second-order valence-electron chi connectivity index (χ2n) is 6.11. The van der Waals surface area contributed by atoms with Crippen LogP contribution in [0.4, 0.5) is 0 Å². The Balaban J connectivity index is 1.97. The Labute approximate surface area is 118 Å². The maximum Gasteiger partial charge on any atom is 0.233 e. The molecule has 19 heavy (non-hydrogen) atoms. The number of thiocarbonyl (C=S) groups is 1. The Morgan fingerprint density at radius 3 is 2.05 bits per heavy atom. The van der Waals surface area contributed by atoms with Gasteiger partial charge in [-0.1, -0.05) is 37.9 Å². The van der Waals surface area contributed by atoms with E-state index in [-0.39, 0.29) is 23.7 Å². The first-order valence-electron chi connectivity index (χ1n) is 7.26. The van der Waals surface area contributed by atoms with E-state index in [2.05, 4.69) is 0 Å². The quantitative estimate of drug-likeness (QED) is 0.618. The van der Waals surface area contributed by atoms with E-state index in [9.17, 15) is 9.59 Å². The third-order valence-electron chi connectivity index (χ3n) is 5.16. The highest BCUT2D eigenvalue weighted by atomic mass is 32.1. The fourth-order valence-corrected chi connectivity index (χ4v) is 4.43. The lowest BCUT2D eigenvalue weighted by atomic mass is 9.80. The van der Waals surface area contributed by atoms with E-state index in [1.807, 2.05) is 0 Å². The molecule has 0 bridgehead atoms. The second-order valence-corrected chi connectivity index (χ2v) is 6.55. The van der Waals surface area contributed by atoms with Crippen LogP contribution >= 0.6 is 12.2 Å². The molecule has 1 heterocycles. The number of carbonyl (C=O) groups excluding carboxylic acids is 2. The molecular formula is C14H20N2O2S. The van der Waals surface area contributed by atoms with E-state index < -0.39 is 5.54 Å². The number of rotatable bonds is 2. The van der Waals surface area contributed by atoms with Gasteiger partial charge in [0.05, 0.1) is 16.8 Å². The Morgan fingerprint density at radius 1 is 1.05 bits per heavy atom. The van der Waals surface area contributed by atoms with Crippen molar-refractivity contribution in [3.8, 4) is 0 Å². The molecule has 2 saturated carbocycles. The van der Waals surface area contributed by atoms with Crippen LogP contribution in [0.25, 0.3) is 0 Å². The molecule has 5 heteroatoms. The van der Waals surface area contributed by atoms with Gasteiger partial charge in [0.15, 0.2) is 0 Å². The van der Waals surface area contributed by atoms with Crippen LogP contribution in [0.1, 0.15) is 51.4 Å². The Kier molecular flexibility index (Phi) is 3.12. The van der Waals surface area contributed by atoms with Crippen LogP contribution < -0.4 is 5.73 Å². The van der Waals surface area contributed by atoms with Crippen LogP contribution in [0.3, 0.4) is 0 Å². The molecule has 2 aliphatic carbocycles. The normalized spacial score (nSPS) is 33.6. The van der Waals surface area contributed by atoms with E-state index >= 15 is 0 Å². The van der Waals surface area contributed by atoms with E-state index in [1.54, 1.807) is 0 Å². The fraction of sp³-hybridized carbons (Fsp3) is 0.786. The zero-order valence-corrected chi connectivity index (χ0v) is 11.9. The first-order chi connectivity index (χ1) is 9.08. The van der Waals surface area contributed by atoms with Crippen molar-refractivity contribution in [1.82, 2.24) is 4.90 Å². The van der Waals surface area contributed by atoms with Crippen molar-refractivity contribution >= 4 is 29.0 Å². The first kappa shape index (κ1) is 13.0. The van der Waals surface area contributed by atoms with Crippen molar-refractivity contribution in [3.05, 3.63) is 0 Å². The van der Waals surface area contributed by atoms with Crippen LogP contribution in [-0.4, -0.2) is 27.2 Å². The number of hydrogen-bond donors (Lipinski definition) is 1. The molecule has 0 aromatic carbocycles. The molecule has 4 nitrogen and oxygen atoms in total. The van der Waals surface area contributed by atoms with Gasteiger partial charge in [0, 0.05) is 0 Å². The number of imide groups is 1. The molecule has 0 radical (unpaired) electrons. The molecule has 1 saturated heterocycles. The minimum absolute atomic E-state index is 0.0119. The maximum atomic E-state index is 12.6. The van der Waals surface area contributed by atoms with Gasteiger partial charge in [-0.2, -0.15) is 0 Å². The van der Waals surface area contributed by atoms with Crippen molar-refractivity contribution in [2.24, 2.45) is 17.6 Å². The number of nitrogens with zero attached hydrogens (tertiary/aromatic N) is 1. The SMILES string of the molecule is NC(=S)C1(N2C(=O)C3CCCC3C2=O)CCCCC1. The zero-order valence-electron chi connectivity index (χ0n) is 11.1. The molecule has 0 aromatic rings. The highest BCUT2D eigenvalue weighted by Gasteiger charge is 2.57. The number of hydrogen-bond acceptors (Lipinski definition) is 3. The average Bonchev–Trinajstić information content (AvgIpc) is 2.96. The number of nitrogens with two attached hydrogens (primary N) is 1. The van der Waals surface area contributed by atoms with Gasteiger partial charge in [-0.3, -0.25) is 14.5 Å². The van der Waals surface area contributed by atoms with Crippen molar-refractivity contribution in [3.63, 3.8) is 0 Å². The second kappa shape index (κ2) is 4.54. The van der Waals surface area contributed by atoms with Gasteiger partial charge in [0.25, 0.3) is 0 Å². The fourth-order valence-electron chi connectivity index (χ4n) is 4.13. The topological polar surface area (TPSA) is 63.4 Å². The summed E-state index contributed by atoms with van der Waals surface area (Å²) in [5.74, 6) is -0.217. The van der Waals surface area contributed by atoms with Gasteiger partial charge < -0.3 is 5.73 Å². The molecule has 2 amide bonds. The lowest BCUT2D eigenvalue weighted by Crippen LogP contribution is -2.60. The lowest BCUT2D eigenvalue weighted by molar-refractivity contribution is -0.146. The van der Waals surface area contributed by atoms with Crippen molar-refractivity contribution in [2.75, 3.05) is 0 Å². The van der Waals surface area contributed by atoms with E-state index in [0.717, 1.165) is 51.4 Å². The molecule has 0 spiro atoms. The Bertz CT molecular complexity index is 421.